The Labute approximate surface area is 121 Å². The van der Waals surface area contributed by atoms with Crippen molar-refractivity contribution >= 4 is 23.4 Å². The molecule has 1 aliphatic heterocycles. The van der Waals surface area contributed by atoms with Crippen LogP contribution in [0.25, 0.3) is 0 Å². The summed E-state index contributed by atoms with van der Waals surface area (Å²) in [6.07, 6.45) is -4.38. The molecule has 1 heterocycles. The largest absolute Gasteiger partial charge is 0.416 e. The van der Waals surface area contributed by atoms with Gasteiger partial charge >= 0.3 is 6.18 Å². The molecule has 116 valence electrons. The van der Waals surface area contributed by atoms with Crippen molar-refractivity contribution in [2.24, 2.45) is 0 Å². The van der Waals surface area contributed by atoms with Gasteiger partial charge in [-0.25, -0.2) is 4.39 Å². The van der Waals surface area contributed by atoms with Crippen molar-refractivity contribution in [1.82, 2.24) is 5.43 Å². The Balaban J connectivity index is 2.08. The van der Waals surface area contributed by atoms with Gasteiger partial charge in [-0.3, -0.25) is 15.6 Å². The van der Waals surface area contributed by atoms with Crippen molar-refractivity contribution in [2.75, 3.05) is 16.9 Å². The monoisotopic (exact) mass is 324 g/mol. The molecule has 1 atom stereocenters. The molecule has 2 rings (SSSR count). The summed E-state index contributed by atoms with van der Waals surface area (Å²) in [5.74, 6) is -0.964. The van der Waals surface area contributed by atoms with E-state index >= 15 is 0 Å². The smallest absolute Gasteiger partial charge is 0.379 e. The van der Waals surface area contributed by atoms with E-state index in [4.69, 9.17) is 0 Å². The molecule has 0 bridgehead atoms. The molecule has 0 radical (unpaired) electrons. The van der Waals surface area contributed by atoms with E-state index in [1.54, 1.807) is 0 Å². The average Bonchev–Trinajstić information content (AvgIpc) is 2.84. The fourth-order valence-electron chi connectivity index (χ4n) is 1.77. The predicted octanol–water partition coefficient (Wildman–Crippen LogP) is 2.16. The summed E-state index contributed by atoms with van der Waals surface area (Å²) in [7, 11) is 0. The molecule has 9 heteroatoms. The zero-order valence-electron chi connectivity index (χ0n) is 10.6. The van der Waals surface area contributed by atoms with Crippen LogP contribution in [0.4, 0.5) is 23.2 Å². The van der Waals surface area contributed by atoms with Crippen molar-refractivity contribution in [3.8, 4) is 0 Å². The number of amides is 1. The van der Waals surface area contributed by atoms with Gasteiger partial charge in [0.1, 0.15) is 5.82 Å². The highest BCUT2D eigenvalue weighted by Crippen LogP contribution is 2.32. The molecule has 0 aliphatic carbocycles. The molecule has 0 spiro atoms. The first-order valence-electron chi connectivity index (χ1n) is 5.96. The third kappa shape index (κ3) is 3.59. The van der Waals surface area contributed by atoms with Gasteiger partial charge < -0.3 is 5.11 Å². The van der Waals surface area contributed by atoms with Crippen LogP contribution in [0.3, 0.4) is 0 Å². The van der Waals surface area contributed by atoms with Crippen LogP contribution in [0.15, 0.2) is 18.2 Å². The maximum absolute atomic E-state index is 13.4. The molecule has 1 amide bonds. The quantitative estimate of drug-likeness (QED) is 0.589. The van der Waals surface area contributed by atoms with Gasteiger partial charge in [-0.05, 0) is 30.4 Å². The molecule has 0 saturated carbocycles. The van der Waals surface area contributed by atoms with Gasteiger partial charge in [0.25, 0.3) is 5.91 Å². The number of hydrogen-bond donors (Lipinski definition) is 3. The zero-order valence-corrected chi connectivity index (χ0v) is 11.4. The molecule has 1 saturated heterocycles. The van der Waals surface area contributed by atoms with Crippen LogP contribution in [0.1, 0.15) is 12.0 Å². The van der Waals surface area contributed by atoms with Crippen molar-refractivity contribution in [3.05, 3.63) is 29.6 Å². The highest BCUT2D eigenvalue weighted by Gasteiger charge is 2.39. The number of anilines is 1. The summed E-state index contributed by atoms with van der Waals surface area (Å²) >= 11 is 1.38. The molecule has 1 fully saturated rings. The minimum atomic E-state index is -4.62. The van der Waals surface area contributed by atoms with Crippen LogP contribution in [0.5, 0.6) is 0 Å². The summed E-state index contributed by atoms with van der Waals surface area (Å²) in [4.78, 5) is 11.8. The SMILES string of the molecule is O=C(NNc1cc(C(F)(F)F)ccc1F)C1(O)CCSC1. The Kier molecular flexibility index (Phi) is 4.33. The fraction of sp³-hybridized carbons (Fsp3) is 0.417. The Hall–Kier alpha value is -1.48. The molecular weight excluding hydrogens is 312 g/mol. The first kappa shape index (κ1) is 15.9. The number of benzene rings is 1. The number of alkyl halides is 3. The van der Waals surface area contributed by atoms with Gasteiger partial charge in [0.2, 0.25) is 0 Å². The second-order valence-corrected chi connectivity index (χ2v) is 5.71. The zero-order chi connectivity index (χ0) is 15.7. The summed E-state index contributed by atoms with van der Waals surface area (Å²) < 4.78 is 51.0. The van der Waals surface area contributed by atoms with Crippen molar-refractivity contribution < 1.29 is 27.5 Å². The average molecular weight is 324 g/mol. The number of thioether (sulfide) groups is 1. The van der Waals surface area contributed by atoms with E-state index in [-0.39, 0.29) is 12.2 Å². The Bertz CT molecular complexity index is 545. The van der Waals surface area contributed by atoms with E-state index in [2.05, 4.69) is 5.43 Å². The van der Waals surface area contributed by atoms with Crippen molar-refractivity contribution in [2.45, 2.75) is 18.2 Å². The number of aliphatic hydroxyl groups is 1. The Morgan fingerprint density at radius 1 is 1.38 bits per heavy atom. The fourth-order valence-corrected chi connectivity index (χ4v) is 3.01. The number of carbonyl (C=O) groups is 1. The van der Waals surface area contributed by atoms with E-state index in [1.165, 1.54) is 11.8 Å². The lowest BCUT2D eigenvalue weighted by molar-refractivity contribution is -0.137. The van der Waals surface area contributed by atoms with Crippen molar-refractivity contribution in [1.29, 1.82) is 0 Å². The first-order chi connectivity index (χ1) is 9.72. The van der Waals surface area contributed by atoms with E-state index in [0.29, 0.717) is 24.0 Å². The molecule has 1 unspecified atom stereocenters. The number of hydrogen-bond acceptors (Lipinski definition) is 4. The maximum Gasteiger partial charge on any atom is 0.416 e. The Morgan fingerprint density at radius 2 is 2.10 bits per heavy atom. The molecular formula is C12H12F4N2O2S. The van der Waals surface area contributed by atoms with Crippen LogP contribution in [-0.4, -0.2) is 28.1 Å². The molecule has 0 aromatic heterocycles. The number of hydrazine groups is 1. The van der Waals surface area contributed by atoms with Gasteiger partial charge in [-0.2, -0.15) is 24.9 Å². The molecule has 1 aromatic carbocycles. The number of rotatable bonds is 3. The molecule has 4 nitrogen and oxygen atoms in total. The van der Waals surface area contributed by atoms with Gasteiger partial charge in [0, 0.05) is 5.75 Å². The predicted molar refractivity (Wildman–Crippen MR) is 70.1 cm³/mol. The second kappa shape index (κ2) is 5.72. The molecule has 3 N–H and O–H groups in total. The topological polar surface area (TPSA) is 61.4 Å². The van der Waals surface area contributed by atoms with E-state index in [1.807, 2.05) is 5.43 Å². The first-order valence-corrected chi connectivity index (χ1v) is 7.11. The summed E-state index contributed by atoms with van der Waals surface area (Å²) in [5.41, 5.74) is 0.971. The third-order valence-corrected chi connectivity index (χ3v) is 4.20. The minimum Gasteiger partial charge on any atom is -0.379 e. The molecule has 1 aromatic rings. The number of halogens is 4. The van der Waals surface area contributed by atoms with Gasteiger partial charge in [-0.15, -0.1) is 0 Å². The summed E-state index contributed by atoms with van der Waals surface area (Å²) in [6, 6.07) is 1.80. The normalized spacial score (nSPS) is 22.1. The highest BCUT2D eigenvalue weighted by molar-refractivity contribution is 7.99. The maximum atomic E-state index is 13.4. The van der Waals surface area contributed by atoms with E-state index in [0.717, 1.165) is 0 Å². The van der Waals surface area contributed by atoms with Crippen LogP contribution in [-0.2, 0) is 11.0 Å². The molecule has 21 heavy (non-hydrogen) atoms. The van der Waals surface area contributed by atoms with Gasteiger partial charge in [0.15, 0.2) is 5.60 Å². The third-order valence-electron chi connectivity index (χ3n) is 3.03. The lowest BCUT2D eigenvalue weighted by Gasteiger charge is -2.21. The van der Waals surface area contributed by atoms with Crippen LogP contribution in [0.2, 0.25) is 0 Å². The standard InChI is InChI=1S/C12H12F4N2O2S/c13-8-2-1-7(12(14,15)16)5-9(8)17-18-10(19)11(20)3-4-21-6-11/h1-2,5,17,20H,3-4,6H2,(H,18,19). The highest BCUT2D eigenvalue weighted by atomic mass is 32.2. The van der Waals surface area contributed by atoms with Crippen LogP contribution >= 0.6 is 11.8 Å². The lowest BCUT2D eigenvalue weighted by Crippen LogP contribution is -2.49. The lowest BCUT2D eigenvalue weighted by atomic mass is 10.0. The molecule has 1 aliphatic rings. The van der Waals surface area contributed by atoms with E-state index in [9.17, 15) is 27.5 Å². The van der Waals surface area contributed by atoms with Gasteiger partial charge in [-0.1, -0.05) is 0 Å². The summed E-state index contributed by atoms with van der Waals surface area (Å²) in [6.45, 7) is 0. The van der Waals surface area contributed by atoms with Gasteiger partial charge in [0.05, 0.1) is 11.3 Å². The van der Waals surface area contributed by atoms with E-state index < -0.39 is 34.8 Å². The Morgan fingerprint density at radius 3 is 2.67 bits per heavy atom. The van der Waals surface area contributed by atoms with Crippen LogP contribution < -0.4 is 10.9 Å². The minimum absolute atomic E-state index is 0.186. The summed E-state index contributed by atoms with van der Waals surface area (Å²) in [5, 5.41) is 9.94. The van der Waals surface area contributed by atoms with Crippen molar-refractivity contribution in [3.63, 3.8) is 0 Å². The second-order valence-electron chi connectivity index (χ2n) is 4.61. The number of nitrogens with one attached hydrogen (secondary N) is 2. The van der Waals surface area contributed by atoms with Crippen LogP contribution in [0, 0.1) is 5.82 Å². The number of carbonyl (C=O) groups excluding carboxylic acids is 1.